The maximum absolute atomic E-state index is 12.0. The number of para-hydroxylation sites is 2. The van der Waals surface area contributed by atoms with E-state index >= 15 is 0 Å². The summed E-state index contributed by atoms with van der Waals surface area (Å²) in [7, 11) is 0. The van der Waals surface area contributed by atoms with Crippen LogP contribution in [0.2, 0.25) is 0 Å². The molecule has 2 heterocycles. The summed E-state index contributed by atoms with van der Waals surface area (Å²) in [5.41, 5.74) is 7.36. The first-order chi connectivity index (χ1) is 10.1. The number of hydrogen-bond donors (Lipinski definition) is 2. The van der Waals surface area contributed by atoms with Crippen molar-refractivity contribution in [1.82, 2.24) is 19.9 Å². The lowest BCUT2D eigenvalue weighted by atomic mass is 10.3. The quantitative estimate of drug-likeness (QED) is 0.703. The van der Waals surface area contributed by atoms with E-state index in [0.29, 0.717) is 17.2 Å². The number of nitrogen functional groups attached to an aromatic ring is 1. The van der Waals surface area contributed by atoms with Crippen LogP contribution in [0.1, 0.15) is 16.3 Å². The van der Waals surface area contributed by atoms with Gasteiger partial charge in [-0.05, 0) is 25.1 Å². The van der Waals surface area contributed by atoms with E-state index in [1.807, 2.05) is 18.2 Å². The molecule has 0 aliphatic rings. The second kappa shape index (κ2) is 5.08. The minimum absolute atomic E-state index is 0.0336. The van der Waals surface area contributed by atoms with Crippen LogP contribution in [-0.2, 0) is 0 Å². The van der Waals surface area contributed by atoms with Crippen molar-refractivity contribution in [2.75, 3.05) is 11.1 Å². The number of rotatable bonds is 3. The Morgan fingerprint density at radius 1 is 1.33 bits per heavy atom. The normalized spacial score (nSPS) is 10.5. The number of carbonyl (C=O) groups excluding carboxylic acids is 1. The van der Waals surface area contributed by atoms with E-state index < -0.39 is 5.91 Å². The highest BCUT2D eigenvalue weighted by atomic mass is 16.5. The van der Waals surface area contributed by atoms with E-state index in [4.69, 9.17) is 10.3 Å². The first-order valence-corrected chi connectivity index (χ1v) is 6.16. The van der Waals surface area contributed by atoms with E-state index in [1.54, 1.807) is 25.3 Å². The number of amides is 1. The van der Waals surface area contributed by atoms with E-state index in [9.17, 15) is 4.79 Å². The Bertz CT molecular complexity index is 791. The van der Waals surface area contributed by atoms with Gasteiger partial charge in [-0.2, -0.15) is 10.1 Å². The summed E-state index contributed by atoms with van der Waals surface area (Å²) in [6.07, 6.45) is 1.65. The predicted octanol–water partition coefficient (Wildman–Crippen LogP) is 1.40. The number of nitrogens with two attached hydrogens (primary N) is 1. The highest BCUT2D eigenvalue weighted by Gasteiger charge is 2.14. The Hall–Kier alpha value is -3.16. The third-order valence-electron chi connectivity index (χ3n) is 2.75. The molecule has 21 heavy (non-hydrogen) atoms. The molecule has 0 saturated carbocycles. The zero-order valence-corrected chi connectivity index (χ0v) is 11.1. The zero-order valence-electron chi connectivity index (χ0n) is 11.1. The molecule has 0 bridgehead atoms. The number of aryl methyl sites for hydroxylation is 1. The molecule has 3 N–H and O–H groups in total. The van der Waals surface area contributed by atoms with Crippen molar-refractivity contribution in [3.8, 4) is 5.69 Å². The third kappa shape index (κ3) is 2.59. The van der Waals surface area contributed by atoms with E-state index in [2.05, 4.69) is 20.6 Å². The van der Waals surface area contributed by atoms with Gasteiger partial charge in [-0.25, -0.2) is 4.68 Å². The first-order valence-electron chi connectivity index (χ1n) is 6.16. The fourth-order valence-corrected chi connectivity index (χ4v) is 1.78. The van der Waals surface area contributed by atoms with Crippen LogP contribution < -0.4 is 11.1 Å². The summed E-state index contributed by atoms with van der Waals surface area (Å²) in [5.74, 6) is -0.000194. The van der Waals surface area contributed by atoms with Gasteiger partial charge in [0.25, 0.3) is 5.91 Å². The minimum atomic E-state index is -0.438. The van der Waals surface area contributed by atoms with Crippen LogP contribution >= 0.6 is 0 Å². The van der Waals surface area contributed by atoms with Crippen molar-refractivity contribution in [3.63, 3.8) is 0 Å². The lowest BCUT2D eigenvalue weighted by Crippen LogP contribution is -2.13. The average Bonchev–Trinajstić information content (AvgIpc) is 3.09. The first kappa shape index (κ1) is 12.9. The predicted molar refractivity (Wildman–Crippen MR) is 75.0 cm³/mol. The summed E-state index contributed by atoms with van der Waals surface area (Å²) in [4.78, 5) is 15.9. The Balaban J connectivity index is 1.82. The van der Waals surface area contributed by atoms with Crippen LogP contribution in [0.25, 0.3) is 5.69 Å². The van der Waals surface area contributed by atoms with Gasteiger partial charge in [-0.15, -0.1) is 0 Å². The maximum Gasteiger partial charge on any atom is 0.328 e. The van der Waals surface area contributed by atoms with Crippen molar-refractivity contribution >= 4 is 17.6 Å². The molecule has 2 aromatic heterocycles. The molecule has 8 heteroatoms. The van der Waals surface area contributed by atoms with Gasteiger partial charge >= 0.3 is 6.01 Å². The van der Waals surface area contributed by atoms with Gasteiger partial charge in [0.1, 0.15) is 0 Å². The average molecular weight is 284 g/mol. The molecular formula is C13H12N6O2. The highest BCUT2D eigenvalue weighted by Crippen LogP contribution is 2.16. The molecule has 0 saturated heterocycles. The minimum Gasteiger partial charge on any atom is -0.397 e. The van der Waals surface area contributed by atoms with Gasteiger partial charge in [0.2, 0.25) is 0 Å². The van der Waals surface area contributed by atoms with Crippen molar-refractivity contribution in [2.24, 2.45) is 0 Å². The summed E-state index contributed by atoms with van der Waals surface area (Å²) in [6.45, 7) is 1.66. The molecule has 0 fully saturated rings. The number of carbonyl (C=O) groups is 1. The molecule has 3 aromatic rings. The van der Waals surface area contributed by atoms with E-state index in [0.717, 1.165) is 0 Å². The Morgan fingerprint density at radius 2 is 2.14 bits per heavy atom. The molecule has 3 rings (SSSR count). The Morgan fingerprint density at radius 3 is 2.86 bits per heavy atom. The fourth-order valence-electron chi connectivity index (χ4n) is 1.78. The van der Waals surface area contributed by atoms with Gasteiger partial charge in [0.15, 0.2) is 11.5 Å². The van der Waals surface area contributed by atoms with Crippen LogP contribution in [0.4, 0.5) is 11.7 Å². The number of benzene rings is 1. The Labute approximate surface area is 119 Å². The zero-order chi connectivity index (χ0) is 14.8. The van der Waals surface area contributed by atoms with Gasteiger partial charge < -0.3 is 10.3 Å². The van der Waals surface area contributed by atoms with Gasteiger partial charge in [-0.1, -0.05) is 17.3 Å². The van der Waals surface area contributed by atoms with Gasteiger partial charge in [0, 0.05) is 6.20 Å². The molecule has 0 atom stereocenters. The number of nitrogens with one attached hydrogen (secondary N) is 1. The van der Waals surface area contributed by atoms with Crippen molar-refractivity contribution in [1.29, 1.82) is 0 Å². The van der Waals surface area contributed by atoms with Crippen molar-refractivity contribution < 1.29 is 9.32 Å². The molecule has 0 unspecified atom stereocenters. The monoisotopic (exact) mass is 284 g/mol. The molecule has 106 valence electrons. The molecule has 0 aliphatic heterocycles. The van der Waals surface area contributed by atoms with E-state index in [-0.39, 0.29) is 11.7 Å². The molecule has 1 aromatic carbocycles. The topological polar surface area (TPSA) is 112 Å². The number of anilines is 2. The molecule has 1 amide bonds. The van der Waals surface area contributed by atoms with Gasteiger partial charge in [0.05, 0.1) is 11.4 Å². The SMILES string of the molecule is Cc1noc(NC(=O)c2ccn(-c3ccccc3N)n2)n1. The van der Waals surface area contributed by atoms with Crippen LogP contribution in [0.15, 0.2) is 41.1 Å². The highest BCUT2D eigenvalue weighted by molar-refractivity contribution is 6.01. The fraction of sp³-hybridized carbons (Fsp3) is 0.0769. The van der Waals surface area contributed by atoms with Crippen molar-refractivity contribution in [3.05, 3.63) is 48.0 Å². The Kier molecular flexibility index (Phi) is 3.11. The second-order valence-electron chi connectivity index (χ2n) is 4.31. The van der Waals surface area contributed by atoms with Crippen LogP contribution in [0.3, 0.4) is 0 Å². The number of hydrogen-bond acceptors (Lipinski definition) is 6. The smallest absolute Gasteiger partial charge is 0.328 e. The summed E-state index contributed by atoms with van der Waals surface area (Å²) >= 11 is 0. The lowest BCUT2D eigenvalue weighted by Gasteiger charge is -2.04. The van der Waals surface area contributed by atoms with Crippen LogP contribution in [0, 0.1) is 6.92 Å². The molecule has 8 nitrogen and oxygen atoms in total. The molecule has 0 aliphatic carbocycles. The second-order valence-corrected chi connectivity index (χ2v) is 4.31. The lowest BCUT2D eigenvalue weighted by molar-refractivity contribution is 0.101. The standard InChI is InChI=1S/C13H12N6O2/c1-8-15-13(21-18-8)16-12(20)10-6-7-19(17-10)11-5-3-2-4-9(11)14/h2-7H,14H2,1H3,(H,15,16,18,20). The van der Waals surface area contributed by atoms with E-state index in [1.165, 1.54) is 4.68 Å². The van der Waals surface area contributed by atoms with Crippen molar-refractivity contribution in [2.45, 2.75) is 6.92 Å². The van der Waals surface area contributed by atoms with Gasteiger partial charge in [-0.3, -0.25) is 10.1 Å². The summed E-state index contributed by atoms with van der Waals surface area (Å²) in [6, 6.07) is 8.85. The summed E-state index contributed by atoms with van der Waals surface area (Å²) < 4.78 is 6.35. The number of aromatic nitrogens is 4. The summed E-state index contributed by atoms with van der Waals surface area (Å²) in [5, 5.41) is 10.2. The van der Waals surface area contributed by atoms with Crippen LogP contribution in [-0.4, -0.2) is 25.8 Å². The molecule has 0 spiro atoms. The third-order valence-corrected chi connectivity index (χ3v) is 2.75. The molecule has 0 radical (unpaired) electrons. The number of nitrogens with zero attached hydrogens (tertiary/aromatic N) is 4. The molecular weight excluding hydrogens is 272 g/mol. The van der Waals surface area contributed by atoms with Crippen LogP contribution in [0.5, 0.6) is 0 Å². The maximum atomic E-state index is 12.0. The largest absolute Gasteiger partial charge is 0.397 e.